The zero-order valence-corrected chi connectivity index (χ0v) is 13.4. The molecule has 0 aromatic heterocycles. The number of thioether (sulfide) groups is 2. The lowest BCUT2D eigenvalue weighted by Crippen LogP contribution is -2.25. The van der Waals surface area contributed by atoms with Gasteiger partial charge in [-0.2, -0.15) is 13.2 Å². The number of rotatable bonds is 5. The molecule has 0 amide bonds. The highest BCUT2D eigenvalue weighted by Crippen LogP contribution is 2.40. The second-order valence-electron chi connectivity index (χ2n) is 5.21. The topological polar surface area (TPSA) is 37.3 Å². The van der Waals surface area contributed by atoms with Gasteiger partial charge in [0.1, 0.15) is 0 Å². The molecule has 1 saturated carbocycles. The van der Waals surface area contributed by atoms with E-state index in [0.29, 0.717) is 4.90 Å². The van der Waals surface area contributed by atoms with Crippen LogP contribution in [0.2, 0.25) is 0 Å². The number of hydrogen-bond donors (Lipinski definition) is 1. The summed E-state index contributed by atoms with van der Waals surface area (Å²) in [5.74, 6) is -0.803. The van der Waals surface area contributed by atoms with Gasteiger partial charge in [0.05, 0.1) is 11.3 Å². The molecular weight excluding hydrogens is 333 g/mol. The van der Waals surface area contributed by atoms with Gasteiger partial charge in [0.2, 0.25) is 0 Å². The molecule has 0 radical (unpaired) electrons. The van der Waals surface area contributed by atoms with Crippen molar-refractivity contribution in [3.8, 4) is 0 Å². The Bertz CT molecular complexity index is 520. The number of hydrogen-bond acceptors (Lipinski definition) is 3. The lowest BCUT2D eigenvalue weighted by molar-refractivity contribution is -0.137. The normalized spacial score (nSPS) is 22.5. The third-order valence-corrected chi connectivity index (χ3v) is 6.48. The van der Waals surface area contributed by atoms with Crippen LogP contribution in [0.5, 0.6) is 0 Å². The molecule has 22 heavy (non-hydrogen) atoms. The number of carbonyl (C=O) groups is 1. The fourth-order valence-electron chi connectivity index (χ4n) is 2.49. The molecule has 1 fully saturated rings. The van der Waals surface area contributed by atoms with Crippen molar-refractivity contribution in [2.24, 2.45) is 0 Å². The predicted octanol–water partition coefficient (Wildman–Crippen LogP) is 4.93. The fourth-order valence-corrected chi connectivity index (χ4v) is 5.20. The zero-order valence-electron chi connectivity index (χ0n) is 11.8. The summed E-state index contributed by atoms with van der Waals surface area (Å²) in [7, 11) is 0. The summed E-state index contributed by atoms with van der Waals surface area (Å²) in [4.78, 5) is 11.3. The van der Waals surface area contributed by atoms with Crippen LogP contribution in [0.3, 0.4) is 0 Å². The molecule has 1 aromatic rings. The Morgan fingerprint density at radius 2 is 1.91 bits per heavy atom. The Hall–Kier alpha value is -0.820. The first-order valence-electron chi connectivity index (χ1n) is 7.03. The number of alkyl halides is 3. The van der Waals surface area contributed by atoms with Crippen LogP contribution < -0.4 is 0 Å². The average Bonchev–Trinajstić information content (AvgIpc) is 2.46. The van der Waals surface area contributed by atoms with E-state index < -0.39 is 17.7 Å². The van der Waals surface area contributed by atoms with E-state index >= 15 is 0 Å². The second-order valence-corrected chi connectivity index (χ2v) is 7.75. The smallest absolute Gasteiger partial charge is 0.416 e. The fraction of sp³-hybridized carbons (Fsp3) is 0.533. The molecule has 1 N–H and O–H groups in total. The molecular formula is C15H17F3O2S2. The van der Waals surface area contributed by atoms with E-state index in [1.807, 2.05) is 0 Å². The lowest BCUT2D eigenvalue weighted by Gasteiger charge is -2.30. The van der Waals surface area contributed by atoms with E-state index in [1.165, 1.54) is 35.7 Å². The Balaban J connectivity index is 2.05. The minimum Gasteiger partial charge on any atom is -0.481 e. The first-order valence-corrected chi connectivity index (χ1v) is 8.96. The van der Waals surface area contributed by atoms with Crippen molar-refractivity contribution in [1.29, 1.82) is 0 Å². The predicted molar refractivity (Wildman–Crippen MR) is 83.4 cm³/mol. The van der Waals surface area contributed by atoms with E-state index in [-0.39, 0.29) is 16.3 Å². The van der Waals surface area contributed by atoms with Gasteiger partial charge in [-0.05, 0) is 31.0 Å². The molecule has 122 valence electrons. The van der Waals surface area contributed by atoms with Gasteiger partial charge < -0.3 is 5.11 Å². The van der Waals surface area contributed by atoms with Crippen molar-refractivity contribution < 1.29 is 23.1 Å². The quantitative estimate of drug-likeness (QED) is 0.817. The summed E-state index contributed by atoms with van der Waals surface area (Å²) < 4.78 is 38.3. The van der Waals surface area contributed by atoms with Crippen molar-refractivity contribution in [2.45, 2.75) is 47.3 Å². The zero-order chi connectivity index (χ0) is 16.2. The number of halogens is 3. The van der Waals surface area contributed by atoms with Crippen molar-refractivity contribution in [3.63, 3.8) is 0 Å². The first kappa shape index (κ1) is 17.5. The first-order chi connectivity index (χ1) is 10.4. The summed E-state index contributed by atoms with van der Waals surface area (Å²) in [5, 5.41) is 9.15. The molecule has 0 saturated heterocycles. The van der Waals surface area contributed by atoms with Crippen LogP contribution in [0.25, 0.3) is 0 Å². The Labute approximate surface area is 135 Å². The van der Waals surface area contributed by atoms with E-state index in [9.17, 15) is 18.0 Å². The highest BCUT2D eigenvalue weighted by Gasteiger charge is 2.31. The van der Waals surface area contributed by atoms with Gasteiger partial charge in [-0.1, -0.05) is 18.9 Å². The summed E-state index contributed by atoms with van der Waals surface area (Å²) in [5.41, 5.74) is -0.636. The molecule has 0 spiro atoms. The Kier molecular flexibility index (Phi) is 6.09. The molecule has 7 heteroatoms. The summed E-state index contributed by atoms with van der Waals surface area (Å²) >= 11 is 2.84. The Morgan fingerprint density at radius 1 is 1.23 bits per heavy atom. The maximum absolute atomic E-state index is 12.8. The number of carboxylic acid groups (broad SMARTS) is 1. The highest BCUT2D eigenvalue weighted by molar-refractivity contribution is 8.04. The molecule has 1 aromatic carbocycles. The van der Waals surface area contributed by atoms with E-state index in [1.54, 1.807) is 6.07 Å². The van der Waals surface area contributed by atoms with Crippen LogP contribution in [-0.2, 0) is 11.0 Å². The standard InChI is InChI=1S/C15H17F3O2S2/c16-15(17,18)10-4-3-5-11(8-10)22-13-7-2-1-6-12(13)21-9-14(19)20/h3-5,8,12-13H,1-2,6-7,9H2,(H,19,20). The SMILES string of the molecule is O=C(O)CSC1CCCCC1Sc1cccc(C(F)(F)F)c1. The summed E-state index contributed by atoms with van der Waals surface area (Å²) in [6.07, 6.45) is -0.398. The third kappa shape index (κ3) is 5.12. The molecule has 2 rings (SSSR count). The average molecular weight is 350 g/mol. The third-order valence-electron chi connectivity index (χ3n) is 3.51. The molecule has 0 heterocycles. The van der Waals surface area contributed by atoms with E-state index in [4.69, 9.17) is 5.11 Å². The maximum atomic E-state index is 12.8. The number of aliphatic carboxylic acids is 1. The maximum Gasteiger partial charge on any atom is 0.416 e. The number of carboxylic acids is 1. The van der Waals surface area contributed by atoms with Gasteiger partial charge >= 0.3 is 12.1 Å². The number of benzene rings is 1. The molecule has 1 aliphatic carbocycles. The minimum absolute atomic E-state index is 0.0459. The summed E-state index contributed by atoms with van der Waals surface area (Å²) in [6, 6.07) is 5.36. The van der Waals surface area contributed by atoms with Gasteiger partial charge in [0, 0.05) is 15.4 Å². The van der Waals surface area contributed by atoms with Crippen LogP contribution in [-0.4, -0.2) is 27.3 Å². The molecule has 2 atom stereocenters. The van der Waals surface area contributed by atoms with Crippen LogP contribution in [0.15, 0.2) is 29.2 Å². The van der Waals surface area contributed by atoms with Crippen molar-refractivity contribution in [2.75, 3.05) is 5.75 Å². The highest BCUT2D eigenvalue weighted by atomic mass is 32.2. The molecule has 0 aliphatic heterocycles. The van der Waals surface area contributed by atoms with Gasteiger partial charge in [0.15, 0.2) is 0 Å². The van der Waals surface area contributed by atoms with Crippen LogP contribution in [0, 0.1) is 0 Å². The molecule has 1 aliphatic rings. The Morgan fingerprint density at radius 3 is 2.55 bits per heavy atom. The molecule has 2 nitrogen and oxygen atoms in total. The largest absolute Gasteiger partial charge is 0.481 e. The van der Waals surface area contributed by atoms with Gasteiger partial charge in [0.25, 0.3) is 0 Å². The van der Waals surface area contributed by atoms with Crippen LogP contribution in [0.1, 0.15) is 31.2 Å². The van der Waals surface area contributed by atoms with Crippen LogP contribution >= 0.6 is 23.5 Å². The molecule has 0 bridgehead atoms. The summed E-state index contributed by atoms with van der Waals surface area (Å²) in [6.45, 7) is 0. The van der Waals surface area contributed by atoms with Crippen molar-refractivity contribution >= 4 is 29.5 Å². The van der Waals surface area contributed by atoms with Crippen molar-refractivity contribution in [1.82, 2.24) is 0 Å². The van der Waals surface area contributed by atoms with Crippen molar-refractivity contribution in [3.05, 3.63) is 29.8 Å². The van der Waals surface area contributed by atoms with E-state index in [2.05, 4.69) is 0 Å². The lowest BCUT2D eigenvalue weighted by atomic mass is 10.00. The van der Waals surface area contributed by atoms with Gasteiger partial charge in [-0.25, -0.2) is 0 Å². The monoisotopic (exact) mass is 350 g/mol. The second kappa shape index (κ2) is 7.64. The van der Waals surface area contributed by atoms with Gasteiger partial charge in [-0.3, -0.25) is 4.79 Å². The van der Waals surface area contributed by atoms with Crippen LogP contribution in [0.4, 0.5) is 13.2 Å². The van der Waals surface area contributed by atoms with Gasteiger partial charge in [-0.15, -0.1) is 23.5 Å². The minimum atomic E-state index is -4.33. The molecule has 2 unspecified atom stereocenters. The van der Waals surface area contributed by atoms with E-state index in [0.717, 1.165) is 31.7 Å².